The summed E-state index contributed by atoms with van der Waals surface area (Å²) < 4.78 is 118. The van der Waals surface area contributed by atoms with E-state index in [1.54, 1.807) is 0 Å². The van der Waals surface area contributed by atoms with E-state index in [2.05, 4.69) is 4.98 Å². The molecule has 25 heavy (non-hydrogen) atoms. The molecular weight excluding hydrogens is 304 g/mol. The van der Waals surface area contributed by atoms with Gasteiger partial charge in [-0.15, -0.1) is 0 Å². The Hall–Kier alpha value is -3.13. The Morgan fingerprint density at radius 3 is 2.60 bits per heavy atom. The Morgan fingerprint density at radius 1 is 0.880 bits per heavy atom. The molecule has 0 amide bonds. The molecule has 3 aromatic carbocycles. The van der Waals surface area contributed by atoms with Crippen LogP contribution in [0.1, 0.15) is 30.3 Å². The Kier molecular flexibility index (Phi) is 1.24. The van der Waals surface area contributed by atoms with Crippen LogP contribution in [-0.2, 0) is 0 Å². The molecule has 0 fully saturated rings. The van der Waals surface area contributed by atoms with Gasteiger partial charge in [-0.25, -0.2) is 4.98 Å². The van der Waals surface area contributed by atoms with Crippen LogP contribution >= 0.6 is 0 Å². The lowest BCUT2D eigenvalue weighted by atomic mass is 10.00. The summed E-state index contributed by atoms with van der Waals surface area (Å²) in [4.78, 5) is 4.24. The van der Waals surface area contributed by atoms with Gasteiger partial charge in [-0.05, 0) is 36.3 Å². The number of imidazole rings is 1. The first-order chi connectivity index (χ1) is 18.0. The van der Waals surface area contributed by atoms with Crippen molar-refractivity contribution in [3.8, 4) is 11.3 Å². The van der Waals surface area contributed by atoms with E-state index in [0.29, 0.717) is 0 Å². The van der Waals surface area contributed by atoms with Crippen LogP contribution < -0.4 is 0 Å². The molecule has 0 unspecified atom stereocenters. The summed E-state index contributed by atoms with van der Waals surface area (Å²) in [6.07, 6.45) is -0.547. The summed E-state index contributed by atoms with van der Waals surface area (Å²) >= 11 is 0. The zero-order valence-corrected chi connectivity index (χ0v) is 13.0. The monoisotopic (exact) mass is 336 g/mol. The maximum Gasteiger partial charge on any atom is 0.145 e. The van der Waals surface area contributed by atoms with Gasteiger partial charge < -0.3 is 0 Å². The van der Waals surface area contributed by atoms with Crippen molar-refractivity contribution in [2.24, 2.45) is 0 Å². The van der Waals surface area contributed by atoms with E-state index in [4.69, 9.17) is 19.2 Å². The third-order valence-corrected chi connectivity index (χ3v) is 4.13. The molecule has 0 saturated heterocycles. The molecule has 0 bridgehead atoms. The van der Waals surface area contributed by atoms with Crippen molar-refractivity contribution in [1.29, 1.82) is 0 Å². The lowest BCUT2D eigenvalue weighted by molar-refractivity contribution is 1.25. The largest absolute Gasteiger partial charge is 0.292 e. The van der Waals surface area contributed by atoms with E-state index in [9.17, 15) is 0 Å². The van der Waals surface area contributed by atoms with E-state index in [0.717, 1.165) is 4.40 Å². The normalized spacial score (nSPS) is 20.0. The highest BCUT2D eigenvalue weighted by atomic mass is 15.0. The average Bonchev–Trinajstić information content (AvgIpc) is 3.20. The molecule has 2 heteroatoms. The molecule has 0 saturated carbocycles. The van der Waals surface area contributed by atoms with Crippen molar-refractivity contribution < 1.29 is 19.2 Å². The van der Waals surface area contributed by atoms with Crippen LogP contribution in [0.15, 0.2) is 72.7 Å². The topological polar surface area (TPSA) is 17.3 Å². The average molecular weight is 336 g/mol. The summed E-state index contributed by atoms with van der Waals surface area (Å²) in [6, 6.07) is -4.37. The number of rotatable bonds is 1. The summed E-state index contributed by atoms with van der Waals surface area (Å²) in [5, 5.41) is -0.248. The van der Waals surface area contributed by atoms with Gasteiger partial charge in [-0.1, -0.05) is 60.4 Å². The van der Waals surface area contributed by atoms with Crippen LogP contribution in [0.5, 0.6) is 0 Å². The number of pyridine rings is 1. The molecular formula is C23H18N2. The highest BCUT2D eigenvalue weighted by molar-refractivity contribution is 6.12. The minimum Gasteiger partial charge on any atom is -0.292 e. The predicted molar refractivity (Wildman–Crippen MR) is 105 cm³/mol. The number of aromatic nitrogens is 2. The fraction of sp³-hybridized carbons (Fsp3) is 0.0870. The van der Waals surface area contributed by atoms with Crippen molar-refractivity contribution >= 4 is 27.3 Å². The predicted octanol–water partition coefficient (Wildman–Crippen LogP) is 5.92. The lowest BCUT2D eigenvalue weighted by Crippen LogP contribution is -1.96. The number of fused-ring (bicyclic) bond motifs is 6. The van der Waals surface area contributed by atoms with Gasteiger partial charge in [0.15, 0.2) is 0 Å². The van der Waals surface area contributed by atoms with Gasteiger partial charge in [0.25, 0.3) is 0 Å². The minimum absolute atomic E-state index is 0.0284. The van der Waals surface area contributed by atoms with E-state index in [1.807, 2.05) is 0 Å². The van der Waals surface area contributed by atoms with Crippen LogP contribution in [0.25, 0.3) is 38.6 Å². The van der Waals surface area contributed by atoms with Gasteiger partial charge in [-0.2, -0.15) is 0 Å². The summed E-state index contributed by atoms with van der Waals surface area (Å²) in [5.74, 6) is 0. The molecule has 0 aliphatic carbocycles. The molecule has 0 N–H and O–H groups in total. The molecule has 0 spiro atoms. The zero-order chi connectivity index (χ0) is 29.0. The second-order valence-corrected chi connectivity index (χ2v) is 5.53. The molecule has 2 heterocycles. The third kappa shape index (κ3) is 1.94. The number of benzene rings is 3. The molecule has 0 atom stereocenters. The molecule has 0 aliphatic heterocycles. The Morgan fingerprint density at radius 2 is 1.68 bits per heavy atom. The molecule has 5 rings (SSSR count). The van der Waals surface area contributed by atoms with Crippen LogP contribution in [0.4, 0.5) is 0 Å². The first kappa shape index (κ1) is 5.99. The van der Waals surface area contributed by atoms with Crippen LogP contribution in [-0.4, -0.2) is 9.38 Å². The third-order valence-electron chi connectivity index (χ3n) is 4.13. The van der Waals surface area contributed by atoms with Gasteiger partial charge in [0.1, 0.15) is 5.65 Å². The van der Waals surface area contributed by atoms with Crippen LogP contribution in [0.3, 0.4) is 0 Å². The number of nitrogens with zero attached hydrogens (tertiary/aromatic N) is 2. The molecule has 5 aromatic rings. The fourth-order valence-electron chi connectivity index (χ4n) is 3.05. The van der Waals surface area contributed by atoms with Gasteiger partial charge >= 0.3 is 0 Å². The number of para-hydroxylation sites is 1. The zero-order valence-electron chi connectivity index (χ0n) is 27.0. The second kappa shape index (κ2) is 5.18. The van der Waals surface area contributed by atoms with Crippen molar-refractivity contribution in [2.45, 2.75) is 13.8 Å². The Labute approximate surface area is 166 Å². The van der Waals surface area contributed by atoms with Crippen molar-refractivity contribution in [1.82, 2.24) is 9.38 Å². The SMILES string of the molecule is [2H]c1cc2c(c([2H])c1[2H])c1c([2H])c([2H])c([2H])c([2H])c1n1c(-c3c(C)c([2H])c([2H])c([2H])c3C([2H])([2H])[2H])c([2H])nc21. The number of hydrogen-bond acceptors (Lipinski definition) is 1. The fourth-order valence-corrected chi connectivity index (χ4v) is 3.05. The standard InChI is InChI=1S/C23H18N2/c1-15-8-7-9-16(2)22(15)21-14-24-23-19-12-4-3-10-17(19)18-11-5-6-13-20(18)25(21)23/h3-14H,1-2H3/i1D3,3D,4D,5D,6D,7D,8D,9D,10D,11D,13D,14D. The van der Waals surface area contributed by atoms with E-state index in [-0.39, 0.29) is 50.2 Å². The molecule has 120 valence electrons. The van der Waals surface area contributed by atoms with Crippen molar-refractivity contribution in [3.63, 3.8) is 0 Å². The van der Waals surface area contributed by atoms with Gasteiger partial charge in [0, 0.05) is 20.4 Å². The maximum absolute atomic E-state index is 8.74. The highest BCUT2D eigenvalue weighted by Gasteiger charge is 2.15. The van der Waals surface area contributed by atoms with Crippen LogP contribution in [0, 0.1) is 13.8 Å². The smallest absolute Gasteiger partial charge is 0.145 e. The lowest BCUT2D eigenvalue weighted by Gasteiger charge is -2.13. The number of hydrogen-bond donors (Lipinski definition) is 0. The first-order valence-electron chi connectivity index (χ1n) is 14.4. The summed E-state index contributed by atoms with van der Waals surface area (Å²) in [7, 11) is 0. The van der Waals surface area contributed by atoms with Crippen molar-refractivity contribution in [2.75, 3.05) is 0 Å². The van der Waals surface area contributed by atoms with Crippen LogP contribution in [0.2, 0.25) is 0 Å². The highest BCUT2D eigenvalue weighted by Crippen LogP contribution is 2.34. The quantitative estimate of drug-likeness (QED) is 0.347. The minimum atomic E-state index is -2.97. The molecule has 0 aliphatic rings. The summed E-state index contributed by atoms with van der Waals surface area (Å²) in [5.41, 5.74) is -1.58. The summed E-state index contributed by atoms with van der Waals surface area (Å²) in [6.45, 7) is -1.61. The Balaban J connectivity index is 2.23. The van der Waals surface area contributed by atoms with Gasteiger partial charge in [0.2, 0.25) is 0 Å². The van der Waals surface area contributed by atoms with Crippen molar-refractivity contribution in [3.05, 3.63) is 83.8 Å². The van der Waals surface area contributed by atoms with E-state index < -0.39 is 73.0 Å². The van der Waals surface area contributed by atoms with E-state index >= 15 is 0 Å². The Bertz CT molecular complexity index is 1920. The maximum atomic E-state index is 8.74. The molecule has 2 nitrogen and oxygen atoms in total. The molecule has 0 radical (unpaired) electrons. The van der Waals surface area contributed by atoms with E-state index in [1.165, 1.54) is 13.0 Å². The molecule has 2 aromatic heterocycles. The second-order valence-electron chi connectivity index (χ2n) is 5.53. The van der Waals surface area contributed by atoms with Gasteiger partial charge in [0.05, 0.1) is 32.5 Å². The van der Waals surface area contributed by atoms with Gasteiger partial charge in [-0.3, -0.25) is 4.40 Å². The first-order valence-corrected chi connectivity index (χ1v) is 7.45.